The first kappa shape index (κ1) is 17.5. The van der Waals surface area contributed by atoms with Gasteiger partial charge in [0, 0.05) is 12.2 Å². The van der Waals surface area contributed by atoms with Crippen molar-refractivity contribution in [1.29, 1.82) is 0 Å². The Hall–Kier alpha value is -1.88. The summed E-state index contributed by atoms with van der Waals surface area (Å²) in [4.78, 5) is 23.7. The van der Waals surface area contributed by atoms with Crippen LogP contribution in [0.15, 0.2) is 24.3 Å². The molecule has 0 aromatic heterocycles. The zero-order valence-electron chi connectivity index (χ0n) is 14.1. The molecule has 3 N–H and O–H groups in total. The Morgan fingerprint density at radius 1 is 1.09 bits per heavy atom. The van der Waals surface area contributed by atoms with Gasteiger partial charge in [-0.05, 0) is 36.0 Å². The van der Waals surface area contributed by atoms with E-state index in [0.717, 1.165) is 18.4 Å². The monoisotopic (exact) mass is 318 g/mol. The zero-order chi connectivity index (χ0) is 17.1. The van der Waals surface area contributed by atoms with Crippen LogP contribution in [0.1, 0.15) is 52.0 Å². The van der Waals surface area contributed by atoms with Crippen molar-refractivity contribution in [3.05, 3.63) is 29.8 Å². The van der Waals surface area contributed by atoms with Gasteiger partial charge in [0.1, 0.15) is 0 Å². The average molecular weight is 318 g/mol. The molecule has 1 saturated carbocycles. The topological polar surface area (TPSA) is 78.4 Å². The standard InChI is InChI=1S/C18H26N2O3/c1-17(2,3)13-6-8-14(9-7-13)20-16(22)15(21)19-12-18(23)10-4-5-11-18/h6-9,23H,4-5,10-12H2,1-3H3,(H,19,21)(H,20,22). The minimum atomic E-state index is -0.857. The molecular weight excluding hydrogens is 292 g/mol. The number of carbonyl (C=O) groups is 2. The lowest BCUT2D eigenvalue weighted by Gasteiger charge is -2.22. The third kappa shape index (κ3) is 4.79. The first-order valence-corrected chi connectivity index (χ1v) is 8.12. The molecule has 1 fully saturated rings. The van der Waals surface area contributed by atoms with E-state index in [2.05, 4.69) is 31.4 Å². The van der Waals surface area contributed by atoms with Crippen LogP contribution in [0.25, 0.3) is 0 Å². The lowest BCUT2D eigenvalue weighted by molar-refractivity contribution is -0.136. The summed E-state index contributed by atoms with van der Waals surface area (Å²) in [6.45, 7) is 6.47. The van der Waals surface area contributed by atoms with Crippen LogP contribution >= 0.6 is 0 Å². The van der Waals surface area contributed by atoms with E-state index in [1.54, 1.807) is 12.1 Å². The fourth-order valence-corrected chi connectivity index (χ4v) is 2.78. The number of carbonyl (C=O) groups excluding carboxylic acids is 2. The number of anilines is 1. The van der Waals surface area contributed by atoms with Crippen LogP contribution in [0, 0.1) is 0 Å². The second kappa shape index (κ2) is 6.71. The maximum atomic E-state index is 11.9. The molecule has 0 aliphatic heterocycles. The van der Waals surface area contributed by atoms with Gasteiger partial charge in [-0.25, -0.2) is 0 Å². The van der Waals surface area contributed by atoms with Crippen LogP contribution in [0.3, 0.4) is 0 Å². The number of hydrogen-bond donors (Lipinski definition) is 3. The molecule has 0 radical (unpaired) electrons. The van der Waals surface area contributed by atoms with Crippen LogP contribution in [0.2, 0.25) is 0 Å². The van der Waals surface area contributed by atoms with Crippen LogP contribution < -0.4 is 10.6 Å². The maximum Gasteiger partial charge on any atom is 0.313 e. The summed E-state index contributed by atoms with van der Waals surface area (Å²) in [5.74, 6) is -1.43. The van der Waals surface area contributed by atoms with Crippen LogP contribution in [0.5, 0.6) is 0 Å². The molecule has 0 atom stereocenters. The molecule has 0 bridgehead atoms. The summed E-state index contributed by atoms with van der Waals surface area (Å²) in [7, 11) is 0. The van der Waals surface area contributed by atoms with Gasteiger partial charge in [-0.1, -0.05) is 45.7 Å². The van der Waals surface area contributed by atoms with Gasteiger partial charge >= 0.3 is 11.8 Å². The van der Waals surface area contributed by atoms with E-state index in [1.807, 2.05) is 12.1 Å². The lowest BCUT2D eigenvalue weighted by atomic mass is 9.87. The SMILES string of the molecule is CC(C)(C)c1ccc(NC(=O)C(=O)NCC2(O)CCCC2)cc1. The van der Waals surface area contributed by atoms with E-state index >= 15 is 0 Å². The molecule has 126 valence electrons. The molecule has 2 amide bonds. The highest BCUT2D eigenvalue weighted by molar-refractivity contribution is 6.39. The summed E-state index contributed by atoms with van der Waals surface area (Å²) in [5, 5.41) is 15.3. The summed E-state index contributed by atoms with van der Waals surface area (Å²) < 4.78 is 0. The minimum Gasteiger partial charge on any atom is -0.388 e. The molecule has 1 aliphatic carbocycles. The molecule has 2 rings (SSSR count). The Bertz CT molecular complexity index is 567. The number of benzene rings is 1. The molecule has 5 heteroatoms. The van der Waals surface area contributed by atoms with E-state index in [0.29, 0.717) is 18.5 Å². The Morgan fingerprint density at radius 2 is 1.65 bits per heavy atom. The number of hydrogen-bond acceptors (Lipinski definition) is 3. The molecule has 23 heavy (non-hydrogen) atoms. The van der Waals surface area contributed by atoms with Gasteiger partial charge in [0.15, 0.2) is 0 Å². The van der Waals surface area contributed by atoms with Gasteiger partial charge in [0.2, 0.25) is 0 Å². The Morgan fingerprint density at radius 3 is 2.17 bits per heavy atom. The first-order valence-electron chi connectivity index (χ1n) is 8.12. The molecule has 0 heterocycles. The van der Waals surface area contributed by atoms with Crippen molar-refractivity contribution in [2.24, 2.45) is 0 Å². The van der Waals surface area contributed by atoms with E-state index in [1.165, 1.54) is 0 Å². The predicted molar refractivity (Wildman–Crippen MR) is 90.2 cm³/mol. The predicted octanol–water partition coefficient (Wildman–Crippen LogP) is 2.34. The van der Waals surface area contributed by atoms with Crippen molar-refractivity contribution < 1.29 is 14.7 Å². The van der Waals surface area contributed by atoms with E-state index < -0.39 is 17.4 Å². The highest BCUT2D eigenvalue weighted by atomic mass is 16.3. The van der Waals surface area contributed by atoms with Gasteiger partial charge in [-0.15, -0.1) is 0 Å². The average Bonchev–Trinajstić information content (AvgIpc) is 2.91. The number of rotatable bonds is 3. The molecular formula is C18H26N2O3. The van der Waals surface area contributed by atoms with Crippen molar-refractivity contribution in [2.45, 2.75) is 57.5 Å². The normalized spacial score (nSPS) is 16.9. The third-order valence-electron chi connectivity index (χ3n) is 4.33. The molecule has 1 aliphatic rings. The van der Waals surface area contributed by atoms with Crippen molar-refractivity contribution in [1.82, 2.24) is 5.32 Å². The summed E-state index contributed by atoms with van der Waals surface area (Å²) in [5.41, 5.74) is 0.919. The Kier molecular flexibility index (Phi) is 5.09. The highest BCUT2D eigenvalue weighted by Crippen LogP contribution is 2.28. The third-order valence-corrected chi connectivity index (χ3v) is 4.33. The largest absolute Gasteiger partial charge is 0.388 e. The van der Waals surface area contributed by atoms with Gasteiger partial charge in [-0.2, -0.15) is 0 Å². The smallest absolute Gasteiger partial charge is 0.313 e. The van der Waals surface area contributed by atoms with Crippen molar-refractivity contribution in [3.63, 3.8) is 0 Å². The second-order valence-corrected chi connectivity index (χ2v) is 7.40. The van der Waals surface area contributed by atoms with Crippen molar-refractivity contribution >= 4 is 17.5 Å². The van der Waals surface area contributed by atoms with E-state index in [9.17, 15) is 14.7 Å². The summed E-state index contributed by atoms with van der Waals surface area (Å²) >= 11 is 0. The highest BCUT2D eigenvalue weighted by Gasteiger charge is 2.32. The summed E-state index contributed by atoms with van der Waals surface area (Å²) in [6.07, 6.45) is 3.25. The van der Waals surface area contributed by atoms with Crippen LogP contribution in [-0.2, 0) is 15.0 Å². The minimum absolute atomic E-state index is 0.0383. The van der Waals surface area contributed by atoms with Crippen molar-refractivity contribution in [3.8, 4) is 0 Å². The number of amides is 2. The molecule has 0 spiro atoms. The second-order valence-electron chi connectivity index (χ2n) is 7.40. The van der Waals surface area contributed by atoms with Crippen LogP contribution in [0.4, 0.5) is 5.69 Å². The van der Waals surface area contributed by atoms with E-state index in [4.69, 9.17) is 0 Å². The number of aliphatic hydroxyl groups is 1. The fraction of sp³-hybridized carbons (Fsp3) is 0.556. The quantitative estimate of drug-likeness (QED) is 0.749. The summed E-state index contributed by atoms with van der Waals surface area (Å²) in [6, 6.07) is 7.45. The molecule has 0 unspecified atom stereocenters. The molecule has 1 aromatic carbocycles. The Labute approximate surface area is 137 Å². The fourth-order valence-electron chi connectivity index (χ4n) is 2.78. The lowest BCUT2D eigenvalue weighted by Crippen LogP contribution is -2.44. The molecule has 5 nitrogen and oxygen atoms in total. The van der Waals surface area contributed by atoms with Crippen molar-refractivity contribution in [2.75, 3.05) is 11.9 Å². The maximum absolute atomic E-state index is 11.9. The zero-order valence-corrected chi connectivity index (χ0v) is 14.1. The van der Waals surface area contributed by atoms with Gasteiger partial charge in [0.25, 0.3) is 0 Å². The number of nitrogens with one attached hydrogen (secondary N) is 2. The van der Waals surface area contributed by atoms with E-state index in [-0.39, 0.29) is 12.0 Å². The van der Waals surface area contributed by atoms with Gasteiger partial charge < -0.3 is 15.7 Å². The molecule has 0 saturated heterocycles. The van der Waals surface area contributed by atoms with Gasteiger partial charge in [0.05, 0.1) is 5.60 Å². The first-order chi connectivity index (χ1) is 10.7. The Balaban J connectivity index is 1.87. The van der Waals surface area contributed by atoms with Crippen LogP contribution in [-0.4, -0.2) is 29.1 Å². The van der Waals surface area contributed by atoms with Gasteiger partial charge in [-0.3, -0.25) is 9.59 Å². The molecule has 1 aromatic rings.